The molecule has 1 fully saturated rings. The highest BCUT2D eigenvalue weighted by Gasteiger charge is 2.24. The van der Waals surface area contributed by atoms with Crippen LogP contribution in [0.15, 0.2) is 0 Å². The molecular weight excluding hydrogens is 206 g/mol. The minimum atomic E-state index is -3.44. The minimum Gasteiger partial charge on any atom is -0.379 e. The molecule has 0 aromatic heterocycles. The Labute approximate surface area is 85.1 Å². The maximum absolute atomic E-state index is 11.5. The van der Waals surface area contributed by atoms with Gasteiger partial charge in [-0.15, -0.1) is 0 Å². The lowest BCUT2D eigenvalue weighted by Crippen LogP contribution is -2.39. The van der Waals surface area contributed by atoms with Gasteiger partial charge >= 0.3 is 0 Å². The van der Waals surface area contributed by atoms with Crippen molar-refractivity contribution < 1.29 is 17.4 Å². The first-order valence-corrected chi connectivity index (χ1v) is 6.29. The van der Waals surface area contributed by atoms with Gasteiger partial charge in [0.1, 0.15) is 0 Å². The average Bonchev–Trinajstić information content (AvgIpc) is 2.17. The van der Waals surface area contributed by atoms with Gasteiger partial charge in [0.15, 0.2) is 0 Å². The number of nitrogens with zero attached hydrogens (tertiary/aromatic N) is 1. The lowest BCUT2D eigenvalue weighted by molar-refractivity contribution is -0.114. The van der Waals surface area contributed by atoms with Gasteiger partial charge < -0.3 is 4.74 Å². The molecule has 1 aliphatic heterocycles. The zero-order valence-electron chi connectivity index (χ0n) is 8.60. The SMILES string of the molecule is CCC(C)S(=O)(=O)ON1CCOCC1. The summed E-state index contributed by atoms with van der Waals surface area (Å²) in [5, 5.41) is 0.996. The fourth-order valence-corrected chi connectivity index (χ4v) is 2.04. The van der Waals surface area contributed by atoms with E-state index in [9.17, 15) is 8.42 Å². The molecule has 1 saturated heterocycles. The van der Waals surface area contributed by atoms with Crippen LogP contribution in [0.25, 0.3) is 0 Å². The highest BCUT2D eigenvalue weighted by molar-refractivity contribution is 7.87. The predicted octanol–water partition coefficient (Wildman–Crippen LogP) is 0.379. The number of ether oxygens (including phenoxy) is 1. The van der Waals surface area contributed by atoms with E-state index in [0.717, 1.165) is 0 Å². The lowest BCUT2D eigenvalue weighted by atomic mass is 10.4. The molecule has 1 rings (SSSR count). The molecule has 14 heavy (non-hydrogen) atoms. The molecule has 1 unspecified atom stereocenters. The summed E-state index contributed by atoms with van der Waals surface area (Å²) in [5.74, 6) is 0. The lowest BCUT2D eigenvalue weighted by Gasteiger charge is -2.26. The van der Waals surface area contributed by atoms with Crippen molar-refractivity contribution in [2.75, 3.05) is 26.3 Å². The maximum Gasteiger partial charge on any atom is 0.286 e. The Hall–Kier alpha value is -0.170. The fraction of sp³-hybridized carbons (Fsp3) is 1.00. The van der Waals surface area contributed by atoms with Crippen molar-refractivity contribution in [3.05, 3.63) is 0 Å². The van der Waals surface area contributed by atoms with Crippen LogP contribution in [0.2, 0.25) is 0 Å². The molecule has 0 spiro atoms. The summed E-state index contributed by atoms with van der Waals surface area (Å²) < 4.78 is 33.1. The van der Waals surface area contributed by atoms with Crippen molar-refractivity contribution in [2.24, 2.45) is 0 Å². The van der Waals surface area contributed by atoms with Gasteiger partial charge in [-0.3, -0.25) is 0 Å². The van der Waals surface area contributed by atoms with Crippen LogP contribution in [0.3, 0.4) is 0 Å². The normalized spacial score (nSPS) is 22.1. The topological polar surface area (TPSA) is 55.8 Å². The van der Waals surface area contributed by atoms with Crippen LogP contribution in [0.5, 0.6) is 0 Å². The molecule has 6 heteroatoms. The summed E-state index contributed by atoms with van der Waals surface area (Å²) in [6.45, 7) is 5.54. The van der Waals surface area contributed by atoms with Crippen molar-refractivity contribution in [1.82, 2.24) is 5.06 Å². The largest absolute Gasteiger partial charge is 0.379 e. The van der Waals surface area contributed by atoms with Crippen LogP contribution in [-0.2, 0) is 19.1 Å². The second-order valence-corrected chi connectivity index (χ2v) is 5.27. The Kier molecular flexibility index (Phi) is 4.31. The molecule has 1 heterocycles. The summed E-state index contributed by atoms with van der Waals surface area (Å²) in [4.78, 5) is 0. The van der Waals surface area contributed by atoms with E-state index in [4.69, 9.17) is 9.02 Å². The molecule has 0 amide bonds. The third-order valence-corrected chi connectivity index (χ3v) is 3.98. The summed E-state index contributed by atoms with van der Waals surface area (Å²) in [5.41, 5.74) is 0. The average molecular weight is 223 g/mol. The van der Waals surface area contributed by atoms with Crippen molar-refractivity contribution in [3.63, 3.8) is 0 Å². The minimum absolute atomic E-state index is 0.453. The standard InChI is InChI=1S/C8H17NO4S/c1-3-8(2)14(10,11)13-9-4-6-12-7-5-9/h8H,3-7H2,1-2H3. The Morgan fingerprint density at radius 3 is 2.50 bits per heavy atom. The Bertz CT molecular complexity index is 259. The van der Waals surface area contributed by atoms with Crippen molar-refractivity contribution in [3.8, 4) is 0 Å². The first-order valence-electron chi connectivity index (χ1n) is 4.82. The summed E-state index contributed by atoms with van der Waals surface area (Å²) in [6, 6.07) is 0. The van der Waals surface area contributed by atoms with Crippen molar-refractivity contribution in [2.45, 2.75) is 25.5 Å². The monoisotopic (exact) mass is 223 g/mol. The van der Waals surface area contributed by atoms with Gasteiger partial charge in [0.25, 0.3) is 10.1 Å². The zero-order chi connectivity index (χ0) is 10.6. The molecule has 0 aliphatic carbocycles. The van der Waals surface area contributed by atoms with Crippen molar-refractivity contribution in [1.29, 1.82) is 0 Å². The number of hydrogen-bond donors (Lipinski definition) is 0. The zero-order valence-corrected chi connectivity index (χ0v) is 9.42. The van der Waals surface area contributed by atoms with E-state index < -0.39 is 15.4 Å². The first-order chi connectivity index (χ1) is 6.56. The van der Waals surface area contributed by atoms with Gasteiger partial charge in [0.05, 0.1) is 18.5 Å². The van der Waals surface area contributed by atoms with Crippen LogP contribution in [0, 0.1) is 0 Å². The van der Waals surface area contributed by atoms with Crippen LogP contribution < -0.4 is 0 Å². The molecule has 84 valence electrons. The van der Waals surface area contributed by atoms with E-state index in [1.807, 2.05) is 6.92 Å². The summed E-state index contributed by atoms with van der Waals surface area (Å²) in [6.07, 6.45) is 0.562. The van der Waals surface area contributed by atoms with E-state index >= 15 is 0 Å². The van der Waals surface area contributed by atoms with Gasteiger partial charge in [0.2, 0.25) is 0 Å². The second-order valence-electron chi connectivity index (χ2n) is 3.33. The molecule has 1 atom stereocenters. The Balaban J connectivity index is 2.49. The molecule has 0 saturated carbocycles. The van der Waals surface area contributed by atoms with Crippen LogP contribution in [-0.4, -0.2) is 45.0 Å². The van der Waals surface area contributed by atoms with Crippen LogP contribution in [0.4, 0.5) is 0 Å². The molecule has 0 bridgehead atoms. The highest BCUT2D eigenvalue weighted by Crippen LogP contribution is 2.10. The summed E-state index contributed by atoms with van der Waals surface area (Å²) in [7, 11) is -3.44. The predicted molar refractivity (Wildman–Crippen MR) is 52.1 cm³/mol. The van der Waals surface area contributed by atoms with Crippen molar-refractivity contribution >= 4 is 10.1 Å². The third-order valence-electron chi connectivity index (χ3n) is 2.25. The fourth-order valence-electron chi connectivity index (χ4n) is 1.05. The van der Waals surface area contributed by atoms with E-state index in [1.54, 1.807) is 6.92 Å². The molecular formula is C8H17NO4S. The quantitative estimate of drug-likeness (QED) is 0.689. The van der Waals surface area contributed by atoms with Gasteiger partial charge in [-0.1, -0.05) is 6.92 Å². The molecule has 0 aromatic rings. The Morgan fingerprint density at radius 1 is 1.43 bits per heavy atom. The molecule has 0 aromatic carbocycles. The molecule has 1 aliphatic rings. The third kappa shape index (κ3) is 3.20. The Morgan fingerprint density at radius 2 is 2.00 bits per heavy atom. The second kappa shape index (κ2) is 5.06. The van der Waals surface area contributed by atoms with Gasteiger partial charge in [-0.2, -0.15) is 17.8 Å². The van der Waals surface area contributed by atoms with E-state index in [0.29, 0.717) is 32.7 Å². The smallest absolute Gasteiger partial charge is 0.286 e. The van der Waals surface area contributed by atoms with Gasteiger partial charge in [0, 0.05) is 13.1 Å². The van der Waals surface area contributed by atoms with Gasteiger partial charge in [-0.05, 0) is 13.3 Å². The maximum atomic E-state index is 11.5. The number of hydrogen-bond acceptors (Lipinski definition) is 5. The van der Waals surface area contributed by atoms with Gasteiger partial charge in [-0.25, -0.2) is 0 Å². The first kappa shape index (κ1) is 11.9. The highest BCUT2D eigenvalue weighted by atomic mass is 32.2. The molecule has 0 N–H and O–H groups in total. The van der Waals surface area contributed by atoms with E-state index in [-0.39, 0.29) is 0 Å². The molecule has 0 radical (unpaired) electrons. The number of hydroxylamine groups is 2. The number of rotatable bonds is 4. The van der Waals surface area contributed by atoms with Crippen LogP contribution in [0.1, 0.15) is 20.3 Å². The van der Waals surface area contributed by atoms with E-state index in [2.05, 4.69) is 0 Å². The van der Waals surface area contributed by atoms with E-state index in [1.165, 1.54) is 5.06 Å². The van der Waals surface area contributed by atoms with Crippen LogP contribution >= 0.6 is 0 Å². The molecule has 5 nitrogen and oxygen atoms in total. The number of morpholine rings is 1. The summed E-state index contributed by atoms with van der Waals surface area (Å²) >= 11 is 0.